The first-order valence-electron chi connectivity index (χ1n) is 5.85. The highest BCUT2D eigenvalue weighted by Gasteiger charge is 2.03. The lowest BCUT2D eigenvalue weighted by atomic mass is 10.2. The third-order valence-electron chi connectivity index (χ3n) is 2.35. The van der Waals surface area contributed by atoms with Gasteiger partial charge in [-0.15, -0.1) is 0 Å². The summed E-state index contributed by atoms with van der Waals surface area (Å²) in [6.07, 6.45) is 0. The standard InChI is InChI=1S/C13H21N3O/c1-9(2)7-16-13(17)8-15-12-5-4-10(3)6-11(12)14/h4-6,9,15H,7-8,14H2,1-3H3,(H,16,17). The van der Waals surface area contributed by atoms with Crippen LogP contribution in [0.3, 0.4) is 0 Å². The van der Waals surface area contributed by atoms with Crippen LogP contribution in [0.4, 0.5) is 11.4 Å². The monoisotopic (exact) mass is 235 g/mol. The van der Waals surface area contributed by atoms with E-state index in [9.17, 15) is 4.79 Å². The number of aryl methyl sites for hydroxylation is 1. The van der Waals surface area contributed by atoms with Gasteiger partial charge in [0.05, 0.1) is 17.9 Å². The highest BCUT2D eigenvalue weighted by atomic mass is 16.1. The number of hydrogen-bond acceptors (Lipinski definition) is 3. The van der Waals surface area contributed by atoms with Crippen LogP contribution in [0.15, 0.2) is 18.2 Å². The Labute approximate surface area is 103 Å². The van der Waals surface area contributed by atoms with Crippen molar-refractivity contribution in [3.63, 3.8) is 0 Å². The van der Waals surface area contributed by atoms with Crippen LogP contribution < -0.4 is 16.4 Å². The van der Waals surface area contributed by atoms with Gasteiger partial charge in [0, 0.05) is 6.54 Å². The second-order valence-electron chi connectivity index (χ2n) is 4.64. The van der Waals surface area contributed by atoms with Gasteiger partial charge in [-0.25, -0.2) is 0 Å². The highest BCUT2D eigenvalue weighted by molar-refractivity contribution is 5.82. The second kappa shape index (κ2) is 6.13. The summed E-state index contributed by atoms with van der Waals surface area (Å²) in [4.78, 5) is 11.5. The molecule has 1 rings (SSSR count). The molecule has 1 amide bonds. The summed E-state index contributed by atoms with van der Waals surface area (Å²) >= 11 is 0. The van der Waals surface area contributed by atoms with Crippen LogP contribution in [0.25, 0.3) is 0 Å². The number of rotatable bonds is 5. The number of benzene rings is 1. The number of amides is 1. The van der Waals surface area contributed by atoms with Gasteiger partial charge < -0.3 is 16.4 Å². The summed E-state index contributed by atoms with van der Waals surface area (Å²) in [6, 6.07) is 5.74. The minimum atomic E-state index is -0.0151. The number of nitrogens with one attached hydrogen (secondary N) is 2. The summed E-state index contributed by atoms with van der Waals surface area (Å²) in [5, 5.41) is 5.87. The molecule has 0 aromatic heterocycles. The Hall–Kier alpha value is -1.71. The quantitative estimate of drug-likeness (QED) is 0.681. The van der Waals surface area contributed by atoms with Crippen LogP contribution in [0.5, 0.6) is 0 Å². The van der Waals surface area contributed by atoms with Gasteiger partial charge in [0.2, 0.25) is 5.91 Å². The molecule has 0 saturated heterocycles. The van der Waals surface area contributed by atoms with Crippen molar-refractivity contribution >= 4 is 17.3 Å². The largest absolute Gasteiger partial charge is 0.397 e. The van der Waals surface area contributed by atoms with E-state index in [2.05, 4.69) is 24.5 Å². The summed E-state index contributed by atoms with van der Waals surface area (Å²) < 4.78 is 0. The lowest BCUT2D eigenvalue weighted by molar-refractivity contribution is -0.119. The fraction of sp³-hybridized carbons (Fsp3) is 0.462. The summed E-state index contributed by atoms with van der Waals surface area (Å²) in [7, 11) is 0. The molecule has 0 radical (unpaired) electrons. The van der Waals surface area contributed by atoms with Gasteiger partial charge in [0.25, 0.3) is 0 Å². The molecule has 1 aromatic carbocycles. The SMILES string of the molecule is Cc1ccc(NCC(=O)NCC(C)C)c(N)c1. The Morgan fingerprint density at radius 3 is 2.71 bits per heavy atom. The molecule has 0 aliphatic carbocycles. The first kappa shape index (κ1) is 13.4. The number of hydrogen-bond donors (Lipinski definition) is 3. The zero-order valence-electron chi connectivity index (χ0n) is 10.7. The van der Waals surface area contributed by atoms with Gasteiger partial charge in [0.1, 0.15) is 0 Å². The molecule has 4 heteroatoms. The Bertz CT molecular complexity index is 388. The lowest BCUT2D eigenvalue weighted by Crippen LogP contribution is -2.32. The molecule has 0 bridgehead atoms. The lowest BCUT2D eigenvalue weighted by Gasteiger charge is -2.11. The molecular formula is C13H21N3O. The number of carbonyl (C=O) groups is 1. The minimum Gasteiger partial charge on any atom is -0.397 e. The number of nitrogen functional groups attached to an aromatic ring is 1. The zero-order valence-corrected chi connectivity index (χ0v) is 10.7. The van der Waals surface area contributed by atoms with E-state index in [4.69, 9.17) is 5.73 Å². The molecule has 0 aliphatic heterocycles. The van der Waals surface area contributed by atoms with Gasteiger partial charge >= 0.3 is 0 Å². The normalized spacial score (nSPS) is 10.4. The average molecular weight is 235 g/mol. The Kier molecular flexibility index (Phi) is 4.82. The van der Waals surface area contributed by atoms with E-state index < -0.39 is 0 Å². The Morgan fingerprint density at radius 2 is 2.12 bits per heavy atom. The van der Waals surface area contributed by atoms with Crippen LogP contribution >= 0.6 is 0 Å². The van der Waals surface area contributed by atoms with Crippen molar-refractivity contribution in [3.05, 3.63) is 23.8 Å². The van der Waals surface area contributed by atoms with Crippen molar-refractivity contribution < 1.29 is 4.79 Å². The zero-order chi connectivity index (χ0) is 12.8. The van der Waals surface area contributed by atoms with Gasteiger partial charge in [-0.3, -0.25) is 4.79 Å². The van der Waals surface area contributed by atoms with E-state index in [-0.39, 0.29) is 12.5 Å². The van der Waals surface area contributed by atoms with Crippen molar-refractivity contribution in [2.75, 3.05) is 24.1 Å². The molecule has 0 saturated carbocycles. The van der Waals surface area contributed by atoms with Gasteiger partial charge in [0.15, 0.2) is 0 Å². The predicted octanol–water partition coefficient (Wildman–Crippen LogP) is 1.76. The van der Waals surface area contributed by atoms with Crippen LogP contribution in [0.2, 0.25) is 0 Å². The van der Waals surface area contributed by atoms with Gasteiger partial charge in [-0.05, 0) is 30.5 Å². The molecule has 1 aromatic rings. The van der Waals surface area contributed by atoms with Crippen molar-refractivity contribution in [2.45, 2.75) is 20.8 Å². The van der Waals surface area contributed by atoms with E-state index in [0.717, 1.165) is 11.3 Å². The number of anilines is 2. The molecule has 4 nitrogen and oxygen atoms in total. The summed E-state index contributed by atoms with van der Waals surface area (Å²) in [5.74, 6) is 0.446. The molecule has 0 heterocycles. The molecule has 94 valence electrons. The van der Waals surface area contributed by atoms with E-state index >= 15 is 0 Å². The van der Waals surface area contributed by atoms with E-state index in [1.807, 2.05) is 25.1 Å². The van der Waals surface area contributed by atoms with E-state index in [0.29, 0.717) is 18.2 Å². The smallest absolute Gasteiger partial charge is 0.239 e. The Balaban J connectivity index is 2.42. The van der Waals surface area contributed by atoms with Crippen molar-refractivity contribution in [3.8, 4) is 0 Å². The van der Waals surface area contributed by atoms with Gasteiger partial charge in [-0.1, -0.05) is 19.9 Å². The van der Waals surface area contributed by atoms with Gasteiger partial charge in [-0.2, -0.15) is 0 Å². The fourth-order valence-electron chi connectivity index (χ4n) is 1.40. The summed E-state index contributed by atoms with van der Waals surface area (Å²) in [5.41, 5.74) is 8.41. The molecule has 0 aliphatic rings. The summed E-state index contributed by atoms with van der Waals surface area (Å²) in [6.45, 7) is 7.05. The molecule has 4 N–H and O–H groups in total. The van der Waals surface area contributed by atoms with Crippen LogP contribution in [0, 0.1) is 12.8 Å². The molecule has 0 spiro atoms. The molecule has 0 atom stereocenters. The molecule has 0 fully saturated rings. The first-order valence-corrected chi connectivity index (χ1v) is 5.85. The third kappa shape index (κ3) is 4.76. The maximum atomic E-state index is 11.5. The Morgan fingerprint density at radius 1 is 1.41 bits per heavy atom. The third-order valence-corrected chi connectivity index (χ3v) is 2.35. The predicted molar refractivity (Wildman–Crippen MR) is 71.9 cm³/mol. The molecule has 17 heavy (non-hydrogen) atoms. The maximum absolute atomic E-state index is 11.5. The van der Waals surface area contributed by atoms with E-state index in [1.54, 1.807) is 0 Å². The number of carbonyl (C=O) groups excluding carboxylic acids is 1. The average Bonchev–Trinajstić information content (AvgIpc) is 2.25. The van der Waals surface area contributed by atoms with Crippen molar-refractivity contribution in [1.29, 1.82) is 0 Å². The fourth-order valence-corrected chi connectivity index (χ4v) is 1.40. The van der Waals surface area contributed by atoms with Crippen LogP contribution in [-0.2, 0) is 4.79 Å². The van der Waals surface area contributed by atoms with Crippen LogP contribution in [0.1, 0.15) is 19.4 Å². The first-order chi connectivity index (χ1) is 7.99. The molecule has 0 unspecified atom stereocenters. The van der Waals surface area contributed by atoms with Crippen LogP contribution in [-0.4, -0.2) is 19.0 Å². The van der Waals surface area contributed by atoms with Crippen molar-refractivity contribution in [2.24, 2.45) is 5.92 Å². The highest BCUT2D eigenvalue weighted by Crippen LogP contribution is 2.18. The number of nitrogens with two attached hydrogens (primary N) is 1. The van der Waals surface area contributed by atoms with Crippen molar-refractivity contribution in [1.82, 2.24) is 5.32 Å². The minimum absolute atomic E-state index is 0.0151. The topological polar surface area (TPSA) is 67.2 Å². The molecular weight excluding hydrogens is 214 g/mol. The van der Waals surface area contributed by atoms with E-state index in [1.165, 1.54) is 0 Å². The maximum Gasteiger partial charge on any atom is 0.239 e. The second-order valence-corrected chi connectivity index (χ2v) is 4.64.